The minimum Gasteiger partial charge on any atom is -0.492 e. The molecule has 0 aliphatic carbocycles. The number of hydrogen-bond donors (Lipinski definition) is 0. The first-order chi connectivity index (χ1) is 10.5. The molecule has 2 aromatic carbocycles. The molecular weight excluding hydrogens is 298 g/mol. The molecule has 0 amide bonds. The molecule has 0 heterocycles. The number of para-hydroxylation sites is 2. The van der Waals surface area contributed by atoms with E-state index in [4.69, 9.17) is 4.74 Å². The van der Waals surface area contributed by atoms with Gasteiger partial charge >= 0.3 is 0 Å². The van der Waals surface area contributed by atoms with Crippen LogP contribution in [0, 0.1) is 6.92 Å². The van der Waals surface area contributed by atoms with Crippen molar-refractivity contribution in [2.24, 2.45) is 0 Å². The monoisotopic (exact) mass is 319 g/mol. The van der Waals surface area contributed by atoms with Crippen molar-refractivity contribution < 1.29 is 13.2 Å². The van der Waals surface area contributed by atoms with Crippen LogP contribution in [-0.4, -0.2) is 21.6 Å². The van der Waals surface area contributed by atoms with Crippen LogP contribution in [0.5, 0.6) is 5.75 Å². The maximum absolute atomic E-state index is 12.9. The highest BCUT2D eigenvalue weighted by molar-refractivity contribution is 7.92. The fourth-order valence-corrected chi connectivity index (χ4v) is 3.73. The molecule has 118 valence electrons. The Kier molecular flexibility index (Phi) is 5.08. The summed E-state index contributed by atoms with van der Waals surface area (Å²) in [4.78, 5) is 0.284. The lowest BCUT2D eigenvalue weighted by Gasteiger charge is -2.25. The third-order valence-corrected chi connectivity index (χ3v) is 5.23. The zero-order chi connectivity index (χ0) is 16.2. The van der Waals surface area contributed by atoms with Gasteiger partial charge in [-0.25, -0.2) is 8.42 Å². The third-order valence-electron chi connectivity index (χ3n) is 3.33. The minimum atomic E-state index is -3.61. The molecule has 0 radical (unpaired) electrons. The van der Waals surface area contributed by atoms with Crippen molar-refractivity contribution in [2.45, 2.75) is 25.7 Å². The zero-order valence-electron chi connectivity index (χ0n) is 13.1. The predicted octanol–water partition coefficient (Wildman–Crippen LogP) is 3.61. The SMILES string of the molecule is CCOc1ccccc1N(CC)S(=O)(=O)c1ccc(C)cc1. The molecule has 0 saturated heterocycles. The van der Waals surface area contributed by atoms with E-state index in [1.165, 1.54) is 4.31 Å². The van der Waals surface area contributed by atoms with E-state index in [0.29, 0.717) is 24.6 Å². The van der Waals surface area contributed by atoms with Crippen molar-refractivity contribution in [1.29, 1.82) is 0 Å². The van der Waals surface area contributed by atoms with Gasteiger partial charge in [0.2, 0.25) is 0 Å². The van der Waals surface area contributed by atoms with Gasteiger partial charge in [-0.3, -0.25) is 4.31 Å². The first-order valence-corrected chi connectivity index (χ1v) is 8.76. The first kappa shape index (κ1) is 16.4. The van der Waals surface area contributed by atoms with Crippen molar-refractivity contribution >= 4 is 15.7 Å². The number of aryl methyl sites for hydroxylation is 1. The summed E-state index contributed by atoms with van der Waals surface area (Å²) in [6, 6.07) is 14.1. The van der Waals surface area contributed by atoms with Crippen LogP contribution in [0.1, 0.15) is 19.4 Å². The van der Waals surface area contributed by atoms with Crippen molar-refractivity contribution in [3.63, 3.8) is 0 Å². The van der Waals surface area contributed by atoms with Crippen molar-refractivity contribution in [1.82, 2.24) is 0 Å². The van der Waals surface area contributed by atoms with Gasteiger partial charge in [-0.15, -0.1) is 0 Å². The molecule has 5 heteroatoms. The predicted molar refractivity (Wildman–Crippen MR) is 89.0 cm³/mol. The summed E-state index contributed by atoms with van der Waals surface area (Å²) < 4.78 is 32.7. The van der Waals surface area contributed by atoms with Gasteiger partial charge in [0.05, 0.1) is 17.2 Å². The van der Waals surface area contributed by atoms with E-state index < -0.39 is 10.0 Å². The number of sulfonamides is 1. The normalized spacial score (nSPS) is 11.2. The van der Waals surface area contributed by atoms with Crippen molar-refractivity contribution in [3.05, 3.63) is 54.1 Å². The quantitative estimate of drug-likeness (QED) is 0.817. The summed E-state index contributed by atoms with van der Waals surface area (Å²) in [5.74, 6) is 0.572. The average molecular weight is 319 g/mol. The molecule has 0 aliphatic heterocycles. The second-order valence-electron chi connectivity index (χ2n) is 4.88. The second kappa shape index (κ2) is 6.83. The minimum absolute atomic E-state index is 0.284. The van der Waals surface area contributed by atoms with Crippen LogP contribution in [0.25, 0.3) is 0 Å². The number of rotatable bonds is 6. The van der Waals surface area contributed by atoms with E-state index in [1.54, 1.807) is 36.4 Å². The van der Waals surface area contributed by atoms with Gasteiger partial charge in [0.15, 0.2) is 0 Å². The molecule has 0 aliphatic rings. The fraction of sp³-hybridized carbons (Fsp3) is 0.294. The number of ether oxygens (including phenoxy) is 1. The Morgan fingerprint density at radius 1 is 1.00 bits per heavy atom. The fourth-order valence-electron chi connectivity index (χ4n) is 2.25. The molecule has 0 fully saturated rings. The Labute approximate surface area is 132 Å². The van der Waals surface area contributed by atoms with Gasteiger partial charge in [0.1, 0.15) is 5.75 Å². The molecule has 4 nitrogen and oxygen atoms in total. The Morgan fingerprint density at radius 3 is 2.23 bits per heavy atom. The maximum Gasteiger partial charge on any atom is 0.264 e. The summed E-state index contributed by atoms with van der Waals surface area (Å²) in [5.41, 5.74) is 1.59. The van der Waals surface area contributed by atoms with Crippen LogP contribution in [-0.2, 0) is 10.0 Å². The smallest absolute Gasteiger partial charge is 0.264 e. The Bertz CT molecular complexity index is 724. The molecule has 0 saturated carbocycles. The summed E-state index contributed by atoms with van der Waals surface area (Å²) in [6.45, 7) is 6.44. The molecule has 0 aromatic heterocycles. The topological polar surface area (TPSA) is 46.6 Å². The molecule has 0 spiro atoms. The van der Waals surface area contributed by atoms with Gasteiger partial charge in [0.25, 0.3) is 10.0 Å². The Morgan fingerprint density at radius 2 is 1.64 bits per heavy atom. The van der Waals surface area contributed by atoms with E-state index in [-0.39, 0.29) is 4.90 Å². The van der Waals surface area contributed by atoms with Gasteiger partial charge in [-0.2, -0.15) is 0 Å². The lowest BCUT2D eigenvalue weighted by molar-refractivity contribution is 0.341. The number of hydrogen-bond acceptors (Lipinski definition) is 3. The number of benzene rings is 2. The molecule has 2 aromatic rings. The van der Waals surface area contributed by atoms with Crippen molar-refractivity contribution in [3.8, 4) is 5.75 Å². The summed E-state index contributed by atoms with van der Waals surface area (Å²) >= 11 is 0. The van der Waals surface area contributed by atoms with E-state index in [0.717, 1.165) is 5.56 Å². The Hall–Kier alpha value is -2.01. The van der Waals surface area contributed by atoms with Crippen LogP contribution in [0.15, 0.2) is 53.4 Å². The van der Waals surface area contributed by atoms with E-state index >= 15 is 0 Å². The molecule has 0 N–H and O–H groups in total. The lowest BCUT2D eigenvalue weighted by Crippen LogP contribution is -2.31. The van der Waals surface area contributed by atoms with Crippen LogP contribution in [0.3, 0.4) is 0 Å². The molecule has 2 rings (SSSR count). The highest BCUT2D eigenvalue weighted by Gasteiger charge is 2.25. The maximum atomic E-state index is 12.9. The van der Waals surface area contributed by atoms with Crippen LogP contribution in [0.4, 0.5) is 5.69 Å². The summed E-state index contributed by atoms with van der Waals surface area (Å²) in [6.07, 6.45) is 0. The van der Waals surface area contributed by atoms with Crippen LogP contribution < -0.4 is 9.04 Å². The third kappa shape index (κ3) is 3.25. The Balaban J connectivity index is 2.49. The molecular formula is C17H21NO3S. The number of anilines is 1. The molecule has 0 unspecified atom stereocenters. The summed E-state index contributed by atoms with van der Waals surface area (Å²) in [7, 11) is -3.61. The molecule has 0 bridgehead atoms. The highest BCUT2D eigenvalue weighted by atomic mass is 32.2. The van der Waals surface area contributed by atoms with E-state index in [2.05, 4.69) is 0 Å². The first-order valence-electron chi connectivity index (χ1n) is 7.32. The lowest BCUT2D eigenvalue weighted by atomic mass is 10.2. The highest BCUT2D eigenvalue weighted by Crippen LogP contribution is 2.32. The molecule has 22 heavy (non-hydrogen) atoms. The van der Waals surface area contributed by atoms with Gasteiger partial charge in [-0.1, -0.05) is 29.8 Å². The van der Waals surface area contributed by atoms with Crippen molar-refractivity contribution in [2.75, 3.05) is 17.5 Å². The second-order valence-corrected chi connectivity index (χ2v) is 6.75. The largest absolute Gasteiger partial charge is 0.492 e. The summed E-state index contributed by atoms with van der Waals surface area (Å²) in [5, 5.41) is 0. The van der Waals surface area contributed by atoms with E-state index in [9.17, 15) is 8.42 Å². The van der Waals surface area contributed by atoms with Crippen LogP contribution >= 0.6 is 0 Å². The molecule has 0 atom stereocenters. The standard InChI is InChI=1S/C17H21NO3S/c1-4-18(16-8-6-7-9-17(16)21-5-2)22(19,20)15-12-10-14(3)11-13-15/h6-13H,4-5H2,1-3H3. The zero-order valence-corrected chi connectivity index (χ0v) is 13.9. The van der Waals surface area contributed by atoms with Gasteiger partial charge in [-0.05, 0) is 45.0 Å². The van der Waals surface area contributed by atoms with Crippen LogP contribution in [0.2, 0.25) is 0 Å². The van der Waals surface area contributed by atoms with Gasteiger partial charge in [0, 0.05) is 6.54 Å². The average Bonchev–Trinajstić information content (AvgIpc) is 2.50. The number of nitrogens with zero attached hydrogens (tertiary/aromatic N) is 1. The van der Waals surface area contributed by atoms with E-state index in [1.807, 2.05) is 32.9 Å². The van der Waals surface area contributed by atoms with Gasteiger partial charge < -0.3 is 4.74 Å².